The number of methoxy groups -OCH3 is 3. The van der Waals surface area contributed by atoms with Crippen LogP contribution >= 0.6 is 0 Å². The van der Waals surface area contributed by atoms with Gasteiger partial charge in [0.05, 0.1) is 26.9 Å². The highest BCUT2D eigenvalue weighted by Gasteiger charge is 2.34. The normalized spacial score (nSPS) is 21.1. The molecular weight excluding hydrogens is 284 g/mol. The maximum atomic E-state index is 12.6. The Bertz CT molecular complexity index is 514. The predicted molar refractivity (Wildman–Crippen MR) is 85.0 cm³/mol. The van der Waals surface area contributed by atoms with Crippen molar-refractivity contribution in [3.63, 3.8) is 0 Å². The van der Waals surface area contributed by atoms with E-state index in [1.165, 1.54) is 0 Å². The number of anilines is 1. The van der Waals surface area contributed by atoms with Crippen molar-refractivity contribution in [2.24, 2.45) is 0 Å². The molecule has 1 atom stereocenters. The molecule has 122 valence electrons. The molecule has 0 saturated carbocycles. The Labute approximate surface area is 131 Å². The zero-order valence-electron chi connectivity index (χ0n) is 13.6. The Morgan fingerprint density at radius 2 is 1.77 bits per heavy atom. The molecule has 0 aliphatic carbocycles. The molecule has 1 unspecified atom stereocenters. The van der Waals surface area contributed by atoms with Gasteiger partial charge in [0.1, 0.15) is 0 Å². The summed E-state index contributed by atoms with van der Waals surface area (Å²) in [5, 5.41) is 6.23. The van der Waals surface area contributed by atoms with Crippen LogP contribution in [-0.4, -0.2) is 39.3 Å². The van der Waals surface area contributed by atoms with Crippen LogP contribution in [0.5, 0.6) is 17.2 Å². The molecule has 1 aromatic rings. The number of ether oxygens (including phenoxy) is 3. The molecule has 22 heavy (non-hydrogen) atoms. The number of rotatable bonds is 5. The summed E-state index contributed by atoms with van der Waals surface area (Å²) in [7, 11) is 4.64. The summed E-state index contributed by atoms with van der Waals surface area (Å²) in [6.45, 7) is 2.79. The van der Waals surface area contributed by atoms with E-state index < -0.39 is 5.54 Å². The van der Waals surface area contributed by atoms with Crippen molar-refractivity contribution < 1.29 is 19.0 Å². The van der Waals surface area contributed by atoms with Crippen molar-refractivity contribution in [2.75, 3.05) is 33.2 Å². The lowest BCUT2D eigenvalue weighted by molar-refractivity contribution is -0.122. The van der Waals surface area contributed by atoms with Crippen LogP contribution in [0.2, 0.25) is 0 Å². The minimum Gasteiger partial charge on any atom is -0.493 e. The predicted octanol–water partition coefficient (Wildman–Crippen LogP) is 2.18. The van der Waals surface area contributed by atoms with E-state index in [9.17, 15) is 4.79 Å². The van der Waals surface area contributed by atoms with E-state index in [1.807, 2.05) is 6.92 Å². The lowest BCUT2D eigenvalue weighted by Crippen LogP contribution is -2.54. The molecule has 1 saturated heterocycles. The molecule has 2 rings (SSSR count). The first-order chi connectivity index (χ1) is 10.5. The molecule has 0 bridgehead atoms. The van der Waals surface area contributed by atoms with E-state index in [4.69, 9.17) is 14.2 Å². The standard InChI is InChI=1S/C16H24N2O4/c1-16(7-5-6-8-17-16)15(19)18-11-9-12(20-2)14(22-4)13(10-11)21-3/h9-10,17H,5-8H2,1-4H3,(H,18,19). The van der Waals surface area contributed by atoms with Crippen LogP contribution in [0.25, 0.3) is 0 Å². The van der Waals surface area contributed by atoms with Gasteiger partial charge in [0.2, 0.25) is 11.7 Å². The maximum absolute atomic E-state index is 12.6. The zero-order chi connectivity index (χ0) is 16.2. The highest BCUT2D eigenvalue weighted by molar-refractivity contribution is 5.98. The number of piperidine rings is 1. The van der Waals surface area contributed by atoms with Gasteiger partial charge in [0, 0.05) is 17.8 Å². The molecule has 2 N–H and O–H groups in total. The van der Waals surface area contributed by atoms with E-state index >= 15 is 0 Å². The summed E-state index contributed by atoms with van der Waals surface area (Å²) in [6.07, 6.45) is 2.97. The first-order valence-electron chi connectivity index (χ1n) is 7.40. The SMILES string of the molecule is COc1cc(NC(=O)C2(C)CCCCN2)cc(OC)c1OC. The number of benzene rings is 1. The fourth-order valence-corrected chi connectivity index (χ4v) is 2.67. The molecule has 6 heteroatoms. The second kappa shape index (κ2) is 6.87. The summed E-state index contributed by atoms with van der Waals surface area (Å²) in [6, 6.07) is 3.46. The van der Waals surface area contributed by atoms with Gasteiger partial charge in [0.15, 0.2) is 11.5 Å². The third-order valence-electron chi connectivity index (χ3n) is 4.04. The van der Waals surface area contributed by atoms with Crippen LogP contribution in [0, 0.1) is 0 Å². The molecule has 1 fully saturated rings. The van der Waals surface area contributed by atoms with Gasteiger partial charge >= 0.3 is 0 Å². The minimum absolute atomic E-state index is 0.0542. The van der Waals surface area contributed by atoms with E-state index in [0.29, 0.717) is 22.9 Å². The van der Waals surface area contributed by atoms with Gasteiger partial charge in [-0.15, -0.1) is 0 Å². The number of hydrogen-bond donors (Lipinski definition) is 2. The summed E-state index contributed by atoms with van der Waals surface area (Å²) < 4.78 is 15.9. The molecule has 0 radical (unpaired) electrons. The number of nitrogens with one attached hydrogen (secondary N) is 2. The first-order valence-corrected chi connectivity index (χ1v) is 7.40. The van der Waals surface area contributed by atoms with Gasteiger partial charge in [0.25, 0.3) is 0 Å². The first kappa shape index (κ1) is 16.4. The van der Waals surface area contributed by atoms with Gasteiger partial charge in [-0.25, -0.2) is 0 Å². The van der Waals surface area contributed by atoms with Crippen LogP contribution in [0.1, 0.15) is 26.2 Å². The van der Waals surface area contributed by atoms with Gasteiger partial charge < -0.3 is 24.8 Å². The van der Waals surface area contributed by atoms with Crippen LogP contribution in [-0.2, 0) is 4.79 Å². The summed E-state index contributed by atoms with van der Waals surface area (Å²) >= 11 is 0. The minimum atomic E-state index is -0.543. The Hall–Kier alpha value is -1.95. The summed E-state index contributed by atoms with van der Waals surface area (Å²) in [5.74, 6) is 1.48. The van der Waals surface area contributed by atoms with Crippen molar-refractivity contribution in [1.82, 2.24) is 5.32 Å². The smallest absolute Gasteiger partial charge is 0.244 e. The molecule has 1 aliphatic rings. The van der Waals surface area contributed by atoms with E-state index in [0.717, 1.165) is 25.8 Å². The van der Waals surface area contributed by atoms with Crippen molar-refractivity contribution in [3.05, 3.63) is 12.1 Å². The van der Waals surface area contributed by atoms with Gasteiger partial charge in [-0.3, -0.25) is 4.79 Å². The summed E-state index contributed by atoms with van der Waals surface area (Å²) in [5.41, 5.74) is 0.0756. The van der Waals surface area contributed by atoms with Crippen LogP contribution in [0.4, 0.5) is 5.69 Å². The van der Waals surface area contributed by atoms with Crippen LogP contribution < -0.4 is 24.8 Å². The Morgan fingerprint density at radius 3 is 2.23 bits per heavy atom. The maximum Gasteiger partial charge on any atom is 0.244 e. The monoisotopic (exact) mass is 308 g/mol. The molecule has 1 aromatic carbocycles. The van der Waals surface area contributed by atoms with Gasteiger partial charge in [-0.2, -0.15) is 0 Å². The third kappa shape index (κ3) is 3.27. The lowest BCUT2D eigenvalue weighted by atomic mass is 9.90. The topological polar surface area (TPSA) is 68.8 Å². The highest BCUT2D eigenvalue weighted by Crippen LogP contribution is 2.40. The fourth-order valence-electron chi connectivity index (χ4n) is 2.67. The molecule has 6 nitrogen and oxygen atoms in total. The van der Waals surface area contributed by atoms with Crippen molar-refractivity contribution in [3.8, 4) is 17.2 Å². The lowest BCUT2D eigenvalue weighted by Gasteiger charge is -2.33. The Balaban J connectivity index is 2.23. The number of amides is 1. The second-order valence-corrected chi connectivity index (χ2v) is 5.58. The number of carbonyl (C=O) groups excluding carboxylic acids is 1. The van der Waals surface area contributed by atoms with Gasteiger partial charge in [-0.05, 0) is 32.7 Å². The average molecular weight is 308 g/mol. The summed E-state index contributed by atoms with van der Waals surface area (Å²) in [4.78, 5) is 12.6. The van der Waals surface area contributed by atoms with E-state index in [-0.39, 0.29) is 5.91 Å². The average Bonchev–Trinajstić information content (AvgIpc) is 2.54. The molecule has 0 spiro atoms. The Morgan fingerprint density at radius 1 is 1.14 bits per heavy atom. The second-order valence-electron chi connectivity index (χ2n) is 5.58. The number of carbonyl (C=O) groups is 1. The molecule has 1 amide bonds. The van der Waals surface area contributed by atoms with E-state index in [1.54, 1.807) is 33.5 Å². The van der Waals surface area contributed by atoms with Crippen molar-refractivity contribution in [1.29, 1.82) is 0 Å². The largest absolute Gasteiger partial charge is 0.493 e. The zero-order valence-corrected chi connectivity index (χ0v) is 13.6. The fraction of sp³-hybridized carbons (Fsp3) is 0.562. The van der Waals surface area contributed by atoms with Crippen molar-refractivity contribution in [2.45, 2.75) is 31.7 Å². The van der Waals surface area contributed by atoms with Crippen LogP contribution in [0.3, 0.4) is 0 Å². The van der Waals surface area contributed by atoms with Crippen LogP contribution in [0.15, 0.2) is 12.1 Å². The molecule has 1 heterocycles. The Kier molecular flexibility index (Phi) is 5.13. The third-order valence-corrected chi connectivity index (χ3v) is 4.04. The van der Waals surface area contributed by atoms with Gasteiger partial charge in [-0.1, -0.05) is 0 Å². The quantitative estimate of drug-likeness (QED) is 0.872. The van der Waals surface area contributed by atoms with E-state index in [2.05, 4.69) is 10.6 Å². The molecular formula is C16H24N2O4. The highest BCUT2D eigenvalue weighted by atomic mass is 16.5. The number of hydrogen-bond acceptors (Lipinski definition) is 5. The molecule has 1 aliphatic heterocycles. The van der Waals surface area contributed by atoms with Crippen molar-refractivity contribution >= 4 is 11.6 Å². The molecule has 0 aromatic heterocycles.